The number of aromatic nitrogens is 2. The van der Waals surface area contributed by atoms with E-state index in [0.717, 1.165) is 24.4 Å². The summed E-state index contributed by atoms with van der Waals surface area (Å²) in [5, 5.41) is 4.66. The van der Waals surface area contributed by atoms with Crippen molar-refractivity contribution < 1.29 is 9.21 Å². The van der Waals surface area contributed by atoms with Crippen LogP contribution in [-0.2, 0) is 0 Å². The number of furan rings is 1. The van der Waals surface area contributed by atoms with Crippen molar-refractivity contribution in [1.82, 2.24) is 14.7 Å². The monoisotopic (exact) mass is 363 g/mol. The first kappa shape index (κ1) is 17.6. The van der Waals surface area contributed by atoms with Gasteiger partial charge in [-0.05, 0) is 55.9 Å². The summed E-state index contributed by atoms with van der Waals surface area (Å²) < 4.78 is 7.22. The molecule has 0 aliphatic heterocycles. The highest BCUT2D eigenvalue weighted by Gasteiger charge is 2.28. The molecule has 2 heterocycles. The zero-order valence-corrected chi connectivity index (χ0v) is 15.8. The highest BCUT2D eigenvalue weighted by molar-refractivity contribution is 5.94. The molecule has 0 radical (unpaired) electrons. The second-order valence-corrected chi connectivity index (χ2v) is 7.47. The van der Waals surface area contributed by atoms with E-state index in [4.69, 9.17) is 4.42 Å². The predicted octanol–water partition coefficient (Wildman–Crippen LogP) is 4.78. The van der Waals surface area contributed by atoms with Gasteiger partial charge in [0, 0.05) is 19.2 Å². The molecule has 0 unspecified atom stereocenters. The van der Waals surface area contributed by atoms with Crippen LogP contribution in [0.3, 0.4) is 0 Å². The molecule has 1 amide bonds. The molecular weight excluding hydrogens is 338 g/mol. The van der Waals surface area contributed by atoms with Crippen LogP contribution < -0.4 is 0 Å². The average molecular weight is 363 g/mol. The molecule has 1 saturated carbocycles. The Hall–Kier alpha value is -2.82. The minimum absolute atomic E-state index is 0.00344. The maximum atomic E-state index is 13.3. The van der Waals surface area contributed by atoms with Gasteiger partial charge in [-0.15, -0.1) is 0 Å². The minimum Gasteiger partial charge on any atom is -0.463 e. The van der Waals surface area contributed by atoms with Crippen molar-refractivity contribution in [3.05, 3.63) is 60.5 Å². The fraction of sp³-hybridized carbons (Fsp3) is 0.364. The van der Waals surface area contributed by atoms with Gasteiger partial charge in [-0.1, -0.05) is 25.1 Å². The molecule has 5 heteroatoms. The van der Waals surface area contributed by atoms with Crippen LogP contribution >= 0.6 is 0 Å². The Morgan fingerprint density at radius 1 is 1.11 bits per heavy atom. The van der Waals surface area contributed by atoms with Gasteiger partial charge in [0.2, 0.25) is 0 Å². The van der Waals surface area contributed by atoms with E-state index in [1.807, 2.05) is 60.5 Å². The van der Waals surface area contributed by atoms with Crippen molar-refractivity contribution in [2.75, 3.05) is 7.05 Å². The first-order valence-electron chi connectivity index (χ1n) is 9.60. The summed E-state index contributed by atoms with van der Waals surface area (Å²) >= 11 is 0. The molecule has 27 heavy (non-hydrogen) atoms. The van der Waals surface area contributed by atoms with E-state index in [1.165, 1.54) is 12.8 Å². The van der Waals surface area contributed by atoms with Gasteiger partial charge in [-0.2, -0.15) is 5.10 Å². The smallest absolute Gasteiger partial charge is 0.272 e. The second-order valence-electron chi connectivity index (χ2n) is 7.47. The van der Waals surface area contributed by atoms with Gasteiger partial charge in [0.05, 0.1) is 12.0 Å². The van der Waals surface area contributed by atoms with Crippen LogP contribution in [-0.4, -0.2) is 33.7 Å². The van der Waals surface area contributed by atoms with Crippen LogP contribution in [0.4, 0.5) is 0 Å². The lowest BCUT2D eigenvalue weighted by atomic mass is 9.86. The number of amides is 1. The Bertz CT molecular complexity index is 891. The first-order valence-corrected chi connectivity index (χ1v) is 9.60. The average Bonchev–Trinajstić information content (AvgIpc) is 3.38. The van der Waals surface area contributed by atoms with E-state index in [0.29, 0.717) is 23.2 Å². The van der Waals surface area contributed by atoms with E-state index in [-0.39, 0.29) is 5.91 Å². The third kappa shape index (κ3) is 3.54. The van der Waals surface area contributed by atoms with Gasteiger partial charge in [0.25, 0.3) is 5.91 Å². The summed E-state index contributed by atoms with van der Waals surface area (Å²) in [6.45, 7) is 2.29. The molecule has 140 valence electrons. The van der Waals surface area contributed by atoms with Crippen LogP contribution in [0.1, 0.15) is 43.1 Å². The Balaban J connectivity index is 1.69. The predicted molar refractivity (Wildman–Crippen MR) is 105 cm³/mol. The quantitative estimate of drug-likeness (QED) is 0.670. The fourth-order valence-corrected chi connectivity index (χ4v) is 3.82. The molecule has 1 aromatic carbocycles. The van der Waals surface area contributed by atoms with E-state index < -0.39 is 0 Å². The van der Waals surface area contributed by atoms with Crippen LogP contribution in [0.15, 0.2) is 59.2 Å². The fourth-order valence-electron chi connectivity index (χ4n) is 3.82. The number of carbonyl (C=O) groups excluding carboxylic acids is 1. The lowest BCUT2D eigenvalue weighted by Gasteiger charge is -2.33. The molecule has 2 aromatic heterocycles. The molecule has 0 bridgehead atoms. The highest BCUT2D eigenvalue weighted by Crippen LogP contribution is 2.28. The molecule has 0 atom stereocenters. The van der Waals surface area contributed by atoms with Crippen molar-refractivity contribution in [2.45, 2.75) is 38.6 Å². The van der Waals surface area contributed by atoms with Crippen LogP contribution in [0.25, 0.3) is 17.1 Å². The Labute approximate surface area is 159 Å². The second kappa shape index (κ2) is 7.43. The summed E-state index contributed by atoms with van der Waals surface area (Å²) in [5.41, 5.74) is 2.09. The maximum Gasteiger partial charge on any atom is 0.272 e. The Kier molecular flexibility index (Phi) is 4.84. The largest absolute Gasteiger partial charge is 0.463 e. The van der Waals surface area contributed by atoms with Gasteiger partial charge in [0.15, 0.2) is 5.76 Å². The molecule has 0 spiro atoms. The van der Waals surface area contributed by atoms with Crippen molar-refractivity contribution in [3.8, 4) is 17.1 Å². The topological polar surface area (TPSA) is 51.3 Å². The number of benzene rings is 1. The number of nitrogens with zero attached hydrogens (tertiary/aromatic N) is 3. The van der Waals surface area contributed by atoms with Gasteiger partial charge in [-0.25, -0.2) is 4.68 Å². The summed E-state index contributed by atoms with van der Waals surface area (Å²) in [6.07, 6.45) is 6.10. The molecular formula is C22H25N3O2. The standard InChI is InChI=1S/C22H25N3O2/c1-16-10-12-17(13-11-16)24(2)22(26)20-15-19(21-9-6-14-27-21)23-25(20)18-7-4-3-5-8-18/h3-9,14-17H,10-13H2,1-2H3. The van der Waals surface area contributed by atoms with E-state index in [2.05, 4.69) is 12.0 Å². The Morgan fingerprint density at radius 2 is 1.85 bits per heavy atom. The lowest BCUT2D eigenvalue weighted by Crippen LogP contribution is -2.40. The Morgan fingerprint density at radius 3 is 2.52 bits per heavy atom. The molecule has 0 N–H and O–H groups in total. The molecule has 5 nitrogen and oxygen atoms in total. The van der Waals surface area contributed by atoms with Crippen molar-refractivity contribution in [1.29, 1.82) is 0 Å². The molecule has 0 saturated heterocycles. The van der Waals surface area contributed by atoms with Crippen molar-refractivity contribution in [2.24, 2.45) is 5.92 Å². The molecule has 1 aliphatic carbocycles. The lowest BCUT2D eigenvalue weighted by molar-refractivity contribution is 0.0670. The third-order valence-electron chi connectivity index (χ3n) is 5.56. The minimum atomic E-state index is 0.00344. The number of rotatable bonds is 4. The van der Waals surface area contributed by atoms with Crippen LogP contribution in [0.2, 0.25) is 0 Å². The molecule has 4 rings (SSSR count). The van der Waals surface area contributed by atoms with Gasteiger partial charge in [-0.3, -0.25) is 4.79 Å². The first-order chi connectivity index (χ1) is 13.1. The molecule has 1 aliphatic rings. The number of hydrogen-bond acceptors (Lipinski definition) is 3. The molecule has 3 aromatic rings. The van der Waals surface area contributed by atoms with Gasteiger partial charge >= 0.3 is 0 Å². The zero-order chi connectivity index (χ0) is 18.8. The number of hydrogen-bond donors (Lipinski definition) is 0. The van der Waals surface area contributed by atoms with Crippen molar-refractivity contribution in [3.63, 3.8) is 0 Å². The normalized spacial score (nSPS) is 19.8. The number of carbonyl (C=O) groups is 1. The van der Waals surface area contributed by atoms with Crippen molar-refractivity contribution >= 4 is 5.91 Å². The SMILES string of the molecule is CC1CCC(N(C)C(=O)c2cc(-c3ccco3)nn2-c2ccccc2)CC1. The van der Waals surface area contributed by atoms with Crippen LogP contribution in [0.5, 0.6) is 0 Å². The zero-order valence-electron chi connectivity index (χ0n) is 15.8. The maximum absolute atomic E-state index is 13.3. The van der Waals surface area contributed by atoms with Gasteiger partial charge in [0.1, 0.15) is 11.4 Å². The highest BCUT2D eigenvalue weighted by atomic mass is 16.3. The van der Waals surface area contributed by atoms with Crippen LogP contribution in [0, 0.1) is 5.92 Å². The summed E-state index contributed by atoms with van der Waals surface area (Å²) in [4.78, 5) is 15.2. The molecule has 1 fully saturated rings. The van der Waals surface area contributed by atoms with E-state index in [1.54, 1.807) is 10.9 Å². The van der Waals surface area contributed by atoms with E-state index >= 15 is 0 Å². The number of para-hydroxylation sites is 1. The third-order valence-corrected chi connectivity index (χ3v) is 5.56. The summed E-state index contributed by atoms with van der Waals surface area (Å²) in [6, 6.07) is 15.6. The summed E-state index contributed by atoms with van der Waals surface area (Å²) in [7, 11) is 1.91. The van der Waals surface area contributed by atoms with E-state index in [9.17, 15) is 4.79 Å². The summed E-state index contributed by atoms with van der Waals surface area (Å²) in [5.74, 6) is 1.42. The van der Waals surface area contributed by atoms with Gasteiger partial charge < -0.3 is 9.32 Å².